The molecule has 1 aromatic heterocycles. The minimum Gasteiger partial charge on any atom is -0.467 e. The Balaban J connectivity index is 1.39. The van der Waals surface area contributed by atoms with Crippen LogP contribution in [0.25, 0.3) is 22.5 Å². The lowest BCUT2D eigenvalue weighted by Crippen LogP contribution is -2.49. The highest BCUT2D eigenvalue weighted by Gasteiger charge is 2.35. The van der Waals surface area contributed by atoms with Crippen LogP contribution in [0, 0.1) is 0 Å². The summed E-state index contributed by atoms with van der Waals surface area (Å²) in [6.45, 7) is 0.358. The third-order valence-corrected chi connectivity index (χ3v) is 6.95. The van der Waals surface area contributed by atoms with E-state index in [4.69, 9.17) is 9.72 Å². The van der Waals surface area contributed by atoms with Gasteiger partial charge >= 0.3 is 5.97 Å². The summed E-state index contributed by atoms with van der Waals surface area (Å²) in [6, 6.07) is 26.8. The number of aromatic nitrogens is 3. The summed E-state index contributed by atoms with van der Waals surface area (Å²) in [4.78, 5) is 32.1. The standard InChI is InChI=1S/C28H24N4O3S/c1-35-27(34)23-16-21-14-8-9-15-22(21)17-32(23)24(33)18-36-28-29-25(19-10-4-2-5-11-19)26(30-31-28)20-12-6-3-7-13-20/h2-15,23H,16-18H2,1H3/t23-/m1/s1. The first-order chi connectivity index (χ1) is 17.6. The van der Waals surface area contributed by atoms with Crippen molar-refractivity contribution in [3.8, 4) is 22.5 Å². The van der Waals surface area contributed by atoms with Crippen molar-refractivity contribution in [2.75, 3.05) is 12.9 Å². The van der Waals surface area contributed by atoms with E-state index in [1.807, 2.05) is 84.9 Å². The Morgan fingerprint density at radius 1 is 0.861 bits per heavy atom. The molecule has 7 nitrogen and oxygen atoms in total. The van der Waals surface area contributed by atoms with Crippen LogP contribution in [0.2, 0.25) is 0 Å². The Labute approximate surface area is 213 Å². The van der Waals surface area contributed by atoms with Crippen molar-refractivity contribution in [2.24, 2.45) is 0 Å². The number of carbonyl (C=O) groups excluding carboxylic acids is 2. The maximum absolute atomic E-state index is 13.3. The number of thioether (sulfide) groups is 1. The molecule has 0 bridgehead atoms. The van der Waals surface area contributed by atoms with Gasteiger partial charge in [-0.15, -0.1) is 10.2 Å². The molecule has 0 saturated heterocycles. The molecule has 1 aliphatic rings. The lowest BCUT2D eigenvalue weighted by atomic mass is 9.94. The van der Waals surface area contributed by atoms with Crippen molar-refractivity contribution in [2.45, 2.75) is 24.2 Å². The minimum absolute atomic E-state index is 0.0796. The van der Waals surface area contributed by atoms with Crippen molar-refractivity contribution < 1.29 is 14.3 Å². The lowest BCUT2D eigenvalue weighted by molar-refractivity contribution is -0.153. The molecule has 0 radical (unpaired) electrons. The van der Waals surface area contributed by atoms with Gasteiger partial charge < -0.3 is 9.64 Å². The van der Waals surface area contributed by atoms with E-state index >= 15 is 0 Å². The summed E-state index contributed by atoms with van der Waals surface area (Å²) in [6.07, 6.45) is 0.432. The molecular formula is C28H24N4O3S. The van der Waals surface area contributed by atoms with Gasteiger partial charge in [0.1, 0.15) is 17.4 Å². The first kappa shape index (κ1) is 23.7. The van der Waals surface area contributed by atoms with Crippen LogP contribution in [0.15, 0.2) is 90.1 Å². The Morgan fingerprint density at radius 2 is 1.47 bits per heavy atom. The summed E-state index contributed by atoms with van der Waals surface area (Å²) in [5.74, 6) is -0.516. The average Bonchev–Trinajstić information content (AvgIpc) is 2.95. The molecule has 0 saturated carbocycles. The smallest absolute Gasteiger partial charge is 0.328 e. The number of amides is 1. The second kappa shape index (κ2) is 10.7. The van der Waals surface area contributed by atoms with Crippen LogP contribution in [0.4, 0.5) is 0 Å². The summed E-state index contributed by atoms with van der Waals surface area (Å²) < 4.78 is 4.99. The largest absolute Gasteiger partial charge is 0.467 e. The highest BCUT2D eigenvalue weighted by atomic mass is 32.2. The van der Waals surface area contributed by atoms with E-state index in [0.717, 1.165) is 22.3 Å². The van der Waals surface area contributed by atoms with E-state index in [1.54, 1.807) is 4.90 Å². The van der Waals surface area contributed by atoms with Crippen LogP contribution < -0.4 is 0 Å². The van der Waals surface area contributed by atoms with E-state index in [2.05, 4.69) is 10.2 Å². The van der Waals surface area contributed by atoms with Crippen molar-refractivity contribution in [3.63, 3.8) is 0 Å². The number of hydrogen-bond acceptors (Lipinski definition) is 7. The van der Waals surface area contributed by atoms with Crippen LogP contribution in [-0.2, 0) is 27.3 Å². The van der Waals surface area contributed by atoms with Crippen molar-refractivity contribution in [1.29, 1.82) is 0 Å². The molecule has 0 unspecified atom stereocenters. The SMILES string of the molecule is COC(=O)[C@H]1Cc2ccccc2CN1C(=O)CSc1nnc(-c2ccccc2)c(-c2ccccc2)n1. The van der Waals surface area contributed by atoms with Gasteiger partial charge in [0.25, 0.3) is 0 Å². The molecule has 180 valence electrons. The maximum atomic E-state index is 13.3. The Kier molecular flexibility index (Phi) is 7.04. The maximum Gasteiger partial charge on any atom is 0.328 e. The second-order valence-electron chi connectivity index (χ2n) is 8.35. The van der Waals surface area contributed by atoms with Crippen LogP contribution >= 0.6 is 11.8 Å². The number of hydrogen-bond donors (Lipinski definition) is 0. The van der Waals surface area contributed by atoms with E-state index in [0.29, 0.717) is 29.5 Å². The molecule has 1 amide bonds. The number of fused-ring (bicyclic) bond motifs is 1. The number of methoxy groups -OCH3 is 1. The highest BCUT2D eigenvalue weighted by Crippen LogP contribution is 2.30. The van der Waals surface area contributed by atoms with Crippen molar-refractivity contribution in [3.05, 3.63) is 96.1 Å². The molecular weight excluding hydrogens is 472 g/mol. The van der Waals surface area contributed by atoms with E-state index in [1.165, 1.54) is 18.9 Å². The summed E-state index contributed by atoms with van der Waals surface area (Å²) in [5, 5.41) is 9.17. The summed E-state index contributed by atoms with van der Waals surface area (Å²) in [5.41, 5.74) is 5.30. The molecule has 0 aliphatic carbocycles. The molecule has 3 aromatic carbocycles. The summed E-state index contributed by atoms with van der Waals surface area (Å²) in [7, 11) is 1.35. The first-order valence-corrected chi connectivity index (χ1v) is 12.5. The zero-order valence-corrected chi connectivity index (χ0v) is 20.5. The number of rotatable bonds is 6. The fourth-order valence-corrected chi connectivity index (χ4v) is 4.97. The molecule has 2 heterocycles. The molecule has 8 heteroatoms. The predicted octanol–water partition coefficient (Wildman–Crippen LogP) is 4.42. The average molecular weight is 497 g/mol. The van der Waals surface area contributed by atoms with Crippen LogP contribution in [0.1, 0.15) is 11.1 Å². The molecule has 5 rings (SSSR count). The fraction of sp³-hybridized carbons (Fsp3) is 0.179. The third kappa shape index (κ3) is 4.99. The van der Waals surface area contributed by atoms with Gasteiger partial charge in [0.2, 0.25) is 11.1 Å². The van der Waals surface area contributed by atoms with Gasteiger partial charge in [-0.25, -0.2) is 9.78 Å². The van der Waals surface area contributed by atoms with Gasteiger partial charge in [-0.1, -0.05) is 96.7 Å². The first-order valence-electron chi connectivity index (χ1n) is 11.6. The normalized spacial score (nSPS) is 14.7. The predicted molar refractivity (Wildman–Crippen MR) is 138 cm³/mol. The highest BCUT2D eigenvalue weighted by molar-refractivity contribution is 7.99. The minimum atomic E-state index is -0.655. The molecule has 0 spiro atoms. The lowest BCUT2D eigenvalue weighted by Gasteiger charge is -2.35. The van der Waals surface area contributed by atoms with Gasteiger partial charge in [-0.2, -0.15) is 0 Å². The van der Waals surface area contributed by atoms with Crippen molar-refractivity contribution in [1.82, 2.24) is 20.1 Å². The number of esters is 1. The molecule has 0 fully saturated rings. The van der Waals surface area contributed by atoms with Gasteiger partial charge in [-0.05, 0) is 11.1 Å². The van der Waals surface area contributed by atoms with E-state index in [-0.39, 0.29) is 11.7 Å². The zero-order valence-electron chi connectivity index (χ0n) is 19.7. The molecule has 1 atom stereocenters. The Bertz CT molecular complexity index is 1380. The number of carbonyl (C=O) groups is 2. The van der Waals surface area contributed by atoms with Crippen LogP contribution in [-0.4, -0.2) is 50.9 Å². The zero-order chi connectivity index (χ0) is 24.9. The van der Waals surface area contributed by atoms with Crippen LogP contribution in [0.3, 0.4) is 0 Å². The number of ether oxygens (including phenoxy) is 1. The van der Waals surface area contributed by atoms with Gasteiger partial charge in [0, 0.05) is 24.1 Å². The molecule has 36 heavy (non-hydrogen) atoms. The number of benzene rings is 3. The van der Waals surface area contributed by atoms with E-state index < -0.39 is 12.0 Å². The van der Waals surface area contributed by atoms with Gasteiger partial charge in [0.05, 0.1) is 12.9 Å². The summed E-state index contributed by atoms with van der Waals surface area (Å²) >= 11 is 1.21. The third-order valence-electron chi connectivity index (χ3n) is 6.13. The fourth-order valence-electron chi connectivity index (χ4n) is 4.30. The van der Waals surface area contributed by atoms with Gasteiger partial charge in [-0.3, -0.25) is 4.79 Å². The van der Waals surface area contributed by atoms with Crippen LogP contribution in [0.5, 0.6) is 0 Å². The van der Waals surface area contributed by atoms with Gasteiger partial charge in [0.15, 0.2) is 0 Å². The molecule has 1 aliphatic heterocycles. The van der Waals surface area contributed by atoms with Crippen molar-refractivity contribution >= 4 is 23.6 Å². The Morgan fingerprint density at radius 3 is 2.14 bits per heavy atom. The van der Waals surface area contributed by atoms with E-state index in [9.17, 15) is 9.59 Å². The molecule has 0 N–H and O–H groups in total. The topological polar surface area (TPSA) is 85.3 Å². The Hall–Kier alpha value is -4.04. The monoisotopic (exact) mass is 496 g/mol. The quantitative estimate of drug-likeness (QED) is 0.288. The number of nitrogens with zero attached hydrogens (tertiary/aromatic N) is 4. The molecule has 4 aromatic rings. The second-order valence-corrected chi connectivity index (χ2v) is 9.29.